The van der Waals surface area contributed by atoms with Gasteiger partial charge in [0.25, 0.3) is 0 Å². The molecule has 21 heavy (non-hydrogen) atoms. The largest absolute Gasteiger partial charge is 0.478 e. The summed E-state index contributed by atoms with van der Waals surface area (Å²) in [7, 11) is 0. The number of halogens is 1. The Hall–Kier alpha value is -2.34. The summed E-state index contributed by atoms with van der Waals surface area (Å²) in [5.41, 5.74) is 7.32. The molecule has 4 N–H and O–H groups in total. The lowest BCUT2D eigenvalue weighted by molar-refractivity contribution is -0.115. The fourth-order valence-electron chi connectivity index (χ4n) is 1.79. The second kappa shape index (κ2) is 6.41. The molecule has 0 bridgehead atoms. The highest BCUT2D eigenvalue weighted by atomic mass is 79.9. The van der Waals surface area contributed by atoms with Gasteiger partial charge in [-0.2, -0.15) is 0 Å². The quantitative estimate of drug-likeness (QED) is 0.740. The second-order valence-electron chi connectivity index (χ2n) is 4.46. The van der Waals surface area contributed by atoms with Crippen molar-refractivity contribution in [3.8, 4) is 0 Å². The fraction of sp³-hybridized carbons (Fsp3) is 0.0667. The predicted octanol–water partition coefficient (Wildman–Crippen LogP) is 2.91. The smallest absolute Gasteiger partial charge is 0.335 e. The Kier molecular flexibility index (Phi) is 4.59. The molecule has 0 saturated heterocycles. The lowest BCUT2D eigenvalue weighted by Crippen LogP contribution is -2.15. The summed E-state index contributed by atoms with van der Waals surface area (Å²) in [6, 6.07) is 11.6. The number of hydrogen-bond donors (Lipinski definition) is 3. The van der Waals surface area contributed by atoms with Crippen molar-refractivity contribution < 1.29 is 14.7 Å². The molecule has 1 amide bonds. The van der Waals surface area contributed by atoms with Crippen molar-refractivity contribution in [3.05, 3.63) is 58.1 Å². The number of benzene rings is 2. The molecule has 2 rings (SSSR count). The monoisotopic (exact) mass is 348 g/mol. The van der Waals surface area contributed by atoms with Crippen LogP contribution in [0.25, 0.3) is 0 Å². The lowest BCUT2D eigenvalue weighted by Gasteiger charge is -2.09. The van der Waals surface area contributed by atoms with Gasteiger partial charge in [-0.25, -0.2) is 4.79 Å². The molecular formula is C15H13BrN2O3. The van der Waals surface area contributed by atoms with Crippen LogP contribution in [0.15, 0.2) is 46.9 Å². The number of nitrogens with two attached hydrogens (primary N) is 1. The van der Waals surface area contributed by atoms with Crippen LogP contribution in [0.4, 0.5) is 11.4 Å². The number of carboxylic acids is 1. The molecule has 2 aromatic carbocycles. The normalized spacial score (nSPS) is 10.1. The third-order valence-electron chi connectivity index (χ3n) is 2.85. The van der Waals surface area contributed by atoms with Crippen LogP contribution in [0, 0.1) is 0 Å². The van der Waals surface area contributed by atoms with Crippen molar-refractivity contribution in [2.75, 3.05) is 11.1 Å². The number of carboxylic acid groups (broad SMARTS) is 1. The van der Waals surface area contributed by atoms with Crippen LogP contribution in [-0.4, -0.2) is 17.0 Å². The Bertz CT molecular complexity index is 684. The Morgan fingerprint density at radius 3 is 2.38 bits per heavy atom. The SMILES string of the molecule is Nc1cc(C(=O)O)ccc1NC(=O)Cc1ccc(Br)cc1. The average molecular weight is 349 g/mol. The molecule has 2 aromatic rings. The molecule has 5 nitrogen and oxygen atoms in total. The molecule has 0 radical (unpaired) electrons. The van der Waals surface area contributed by atoms with Crippen LogP contribution < -0.4 is 11.1 Å². The van der Waals surface area contributed by atoms with Crippen LogP contribution in [0.2, 0.25) is 0 Å². The summed E-state index contributed by atoms with van der Waals surface area (Å²) in [6.07, 6.45) is 0.216. The number of carbonyl (C=O) groups is 2. The minimum absolute atomic E-state index is 0.0819. The molecule has 0 fully saturated rings. The van der Waals surface area contributed by atoms with Gasteiger partial charge in [-0.3, -0.25) is 4.79 Å². The van der Waals surface area contributed by atoms with E-state index in [9.17, 15) is 9.59 Å². The summed E-state index contributed by atoms with van der Waals surface area (Å²) in [6.45, 7) is 0. The number of nitrogen functional groups attached to an aromatic ring is 1. The fourth-order valence-corrected chi connectivity index (χ4v) is 2.06. The molecule has 0 saturated carbocycles. The summed E-state index contributed by atoms with van der Waals surface area (Å²) >= 11 is 3.33. The van der Waals surface area contributed by atoms with Gasteiger partial charge in [0.1, 0.15) is 0 Å². The third-order valence-corrected chi connectivity index (χ3v) is 3.38. The molecular weight excluding hydrogens is 336 g/mol. The van der Waals surface area contributed by atoms with Gasteiger partial charge >= 0.3 is 5.97 Å². The second-order valence-corrected chi connectivity index (χ2v) is 5.37. The van der Waals surface area contributed by atoms with Gasteiger partial charge in [0.15, 0.2) is 0 Å². The van der Waals surface area contributed by atoms with Crippen LogP contribution in [-0.2, 0) is 11.2 Å². The van der Waals surface area contributed by atoms with Gasteiger partial charge in [-0.05, 0) is 35.9 Å². The van der Waals surface area contributed by atoms with Crippen molar-refractivity contribution in [1.29, 1.82) is 0 Å². The van der Waals surface area contributed by atoms with Crippen molar-refractivity contribution in [1.82, 2.24) is 0 Å². The highest BCUT2D eigenvalue weighted by Gasteiger charge is 2.09. The molecule has 0 unspecified atom stereocenters. The molecule has 0 aliphatic carbocycles. The number of nitrogens with one attached hydrogen (secondary N) is 1. The standard InChI is InChI=1S/C15H13BrN2O3/c16-11-4-1-9(2-5-11)7-14(19)18-13-6-3-10(15(20)21)8-12(13)17/h1-6,8H,7,17H2,(H,18,19)(H,20,21). The minimum Gasteiger partial charge on any atom is -0.478 e. The summed E-state index contributed by atoms with van der Waals surface area (Å²) in [5.74, 6) is -1.28. The first-order chi connectivity index (χ1) is 9.95. The summed E-state index contributed by atoms with van der Waals surface area (Å²) in [5, 5.41) is 11.5. The third kappa shape index (κ3) is 4.06. The number of carbonyl (C=O) groups excluding carboxylic acids is 1. The zero-order valence-electron chi connectivity index (χ0n) is 11.0. The van der Waals surface area contributed by atoms with E-state index in [0.29, 0.717) is 5.69 Å². The van der Waals surface area contributed by atoms with Crippen molar-refractivity contribution in [2.45, 2.75) is 6.42 Å². The predicted molar refractivity (Wildman–Crippen MR) is 84.3 cm³/mol. The van der Waals surface area contributed by atoms with Crippen molar-refractivity contribution >= 4 is 39.2 Å². The molecule has 0 aromatic heterocycles. The van der Waals surface area contributed by atoms with Gasteiger partial charge in [0.2, 0.25) is 5.91 Å². The maximum Gasteiger partial charge on any atom is 0.335 e. The van der Waals surface area contributed by atoms with E-state index in [1.807, 2.05) is 24.3 Å². The molecule has 0 aliphatic rings. The van der Waals surface area contributed by atoms with Gasteiger partial charge < -0.3 is 16.2 Å². The van der Waals surface area contributed by atoms with Gasteiger partial charge in [-0.1, -0.05) is 28.1 Å². The topological polar surface area (TPSA) is 92.4 Å². The maximum absolute atomic E-state index is 11.9. The highest BCUT2D eigenvalue weighted by molar-refractivity contribution is 9.10. The molecule has 108 valence electrons. The molecule has 0 spiro atoms. The number of rotatable bonds is 4. The molecule has 0 aliphatic heterocycles. The lowest BCUT2D eigenvalue weighted by atomic mass is 10.1. The van der Waals surface area contributed by atoms with E-state index in [2.05, 4.69) is 21.2 Å². The first kappa shape index (κ1) is 15.1. The van der Waals surface area contributed by atoms with Crippen LogP contribution in [0.5, 0.6) is 0 Å². The van der Waals surface area contributed by atoms with Gasteiger partial charge in [-0.15, -0.1) is 0 Å². The maximum atomic E-state index is 11.9. The van der Waals surface area contributed by atoms with E-state index in [1.165, 1.54) is 18.2 Å². The Balaban J connectivity index is 2.06. The van der Waals surface area contributed by atoms with E-state index in [-0.39, 0.29) is 23.6 Å². The highest BCUT2D eigenvalue weighted by Crippen LogP contribution is 2.20. The first-order valence-electron chi connectivity index (χ1n) is 6.13. The van der Waals surface area contributed by atoms with E-state index in [4.69, 9.17) is 10.8 Å². The Morgan fingerprint density at radius 1 is 1.14 bits per heavy atom. The zero-order chi connectivity index (χ0) is 15.4. The van der Waals surface area contributed by atoms with Crippen molar-refractivity contribution in [3.63, 3.8) is 0 Å². The number of hydrogen-bond acceptors (Lipinski definition) is 3. The van der Waals surface area contributed by atoms with Crippen LogP contribution in [0.3, 0.4) is 0 Å². The van der Waals surface area contributed by atoms with Gasteiger partial charge in [0, 0.05) is 4.47 Å². The van der Waals surface area contributed by atoms with Crippen LogP contribution in [0.1, 0.15) is 15.9 Å². The Labute approximate surface area is 129 Å². The van der Waals surface area contributed by atoms with Crippen LogP contribution >= 0.6 is 15.9 Å². The minimum atomic E-state index is -1.06. The number of amides is 1. The van der Waals surface area contributed by atoms with E-state index >= 15 is 0 Å². The number of anilines is 2. The average Bonchev–Trinajstić information content (AvgIpc) is 2.43. The molecule has 0 heterocycles. The zero-order valence-corrected chi connectivity index (χ0v) is 12.6. The van der Waals surface area contributed by atoms with Crippen molar-refractivity contribution in [2.24, 2.45) is 0 Å². The van der Waals surface area contributed by atoms with E-state index in [0.717, 1.165) is 10.0 Å². The summed E-state index contributed by atoms with van der Waals surface area (Å²) in [4.78, 5) is 22.8. The van der Waals surface area contributed by atoms with Gasteiger partial charge in [0.05, 0.1) is 23.4 Å². The number of aromatic carboxylic acids is 1. The Morgan fingerprint density at radius 2 is 1.81 bits per heavy atom. The van der Waals surface area contributed by atoms with E-state index < -0.39 is 5.97 Å². The van der Waals surface area contributed by atoms with E-state index in [1.54, 1.807) is 0 Å². The summed E-state index contributed by atoms with van der Waals surface area (Å²) < 4.78 is 0.945. The molecule has 0 atom stereocenters. The molecule has 6 heteroatoms. The first-order valence-corrected chi connectivity index (χ1v) is 6.92.